The minimum atomic E-state index is -2.67. The second-order valence-corrected chi connectivity index (χ2v) is 8.94. The molecule has 0 aliphatic heterocycles. The average molecular weight is 438 g/mol. The van der Waals surface area contributed by atoms with E-state index in [9.17, 15) is 28.3 Å². The number of hydrogen-bond acceptors (Lipinski definition) is 4. The minimum Gasteiger partial charge on any atom is -0.477 e. The first-order valence-corrected chi connectivity index (χ1v) is 10.4. The van der Waals surface area contributed by atoms with Crippen molar-refractivity contribution < 1.29 is 28.0 Å². The van der Waals surface area contributed by atoms with Crippen molar-refractivity contribution in [1.29, 1.82) is 0 Å². The largest absolute Gasteiger partial charge is 0.477 e. The smallest absolute Gasteiger partial charge is 0.378 e. The Balaban J connectivity index is 1.69. The Morgan fingerprint density at radius 2 is 2.00 bits per heavy atom. The van der Waals surface area contributed by atoms with E-state index < -0.39 is 34.7 Å². The summed E-state index contributed by atoms with van der Waals surface area (Å²) in [7, 11) is 0. The molecular weight excluding hydrogens is 412 g/mol. The minimum absolute atomic E-state index is 0.00518. The quantitative estimate of drug-likeness (QED) is 0.481. The summed E-state index contributed by atoms with van der Waals surface area (Å²) in [5, 5.41) is 18.8. The Bertz CT molecular complexity index is 1100. The molecule has 4 N–H and O–H groups in total. The summed E-state index contributed by atoms with van der Waals surface area (Å²) in [6.45, 7) is 4.11. The lowest BCUT2D eigenvalue weighted by molar-refractivity contribution is -0.686. The number of aromatic hydroxyl groups is 1. The molecule has 2 aliphatic rings. The molecule has 2 aliphatic carbocycles. The first-order valence-electron chi connectivity index (χ1n) is 10.4. The molecule has 2 aromatic rings. The van der Waals surface area contributed by atoms with E-state index in [4.69, 9.17) is 0 Å². The first-order chi connectivity index (χ1) is 14.6. The van der Waals surface area contributed by atoms with Crippen LogP contribution in [0, 0.1) is 11.8 Å². The van der Waals surface area contributed by atoms with E-state index in [1.165, 1.54) is 10.8 Å². The molecule has 0 unspecified atom stereocenters. The predicted octanol–water partition coefficient (Wildman–Crippen LogP) is 0.944. The second kappa shape index (κ2) is 7.61. The summed E-state index contributed by atoms with van der Waals surface area (Å²) in [6.07, 6.45) is 2.41. The molecule has 168 valence electrons. The van der Waals surface area contributed by atoms with Crippen molar-refractivity contribution in [3.05, 3.63) is 27.7 Å². The Hall–Kier alpha value is -2.98. The van der Waals surface area contributed by atoms with Gasteiger partial charge in [0.2, 0.25) is 11.5 Å². The zero-order chi connectivity index (χ0) is 22.5. The van der Waals surface area contributed by atoms with E-state index in [2.05, 4.69) is 15.7 Å². The van der Waals surface area contributed by atoms with Gasteiger partial charge in [-0.15, -0.1) is 0 Å². The van der Waals surface area contributed by atoms with E-state index in [1.54, 1.807) is 0 Å². The van der Waals surface area contributed by atoms with Gasteiger partial charge in [-0.05, 0) is 24.7 Å². The van der Waals surface area contributed by atoms with Crippen molar-refractivity contribution in [2.45, 2.75) is 58.0 Å². The standard InChI is InChI=1S/C20H25F2N5O4/c1-10(2)9-26-17-13(15(28)23-7-11-5-20(21,22)6-11)8-24-27(17)19(31)14(18(26)30)16(29)25-12-3-4-12/h8,10-12H,3-7,9H2,1-2H3,(H3,23,25,28,29,30,31)/p+1. The fraction of sp³-hybridized carbons (Fsp3) is 0.600. The highest BCUT2D eigenvalue weighted by Crippen LogP contribution is 2.41. The topological polar surface area (TPSA) is 120 Å². The van der Waals surface area contributed by atoms with Crippen LogP contribution in [0.3, 0.4) is 0 Å². The first kappa shape index (κ1) is 21.3. The van der Waals surface area contributed by atoms with Crippen LogP contribution in [-0.4, -0.2) is 45.0 Å². The van der Waals surface area contributed by atoms with Crippen LogP contribution in [0.5, 0.6) is 5.88 Å². The maximum atomic E-state index is 13.0. The number of amides is 2. The Kier molecular flexibility index (Phi) is 5.22. The van der Waals surface area contributed by atoms with Crippen LogP contribution < -0.4 is 20.8 Å². The molecule has 31 heavy (non-hydrogen) atoms. The van der Waals surface area contributed by atoms with Crippen LogP contribution in [0.1, 0.15) is 60.2 Å². The lowest BCUT2D eigenvalue weighted by Gasteiger charge is -2.34. The molecular formula is C20H26F2N5O4+. The van der Waals surface area contributed by atoms with E-state index in [-0.39, 0.29) is 55.0 Å². The summed E-state index contributed by atoms with van der Waals surface area (Å²) < 4.78 is 28.5. The molecule has 0 saturated heterocycles. The van der Waals surface area contributed by atoms with Gasteiger partial charge in [-0.1, -0.05) is 18.4 Å². The van der Waals surface area contributed by atoms with Crippen molar-refractivity contribution in [2.75, 3.05) is 6.54 Å². The van der Waals surface area contributed by atoms with Crippen LogP contribution in [0.15, 0.2) is 11.0 Å². The molecule has 2 amide bonds. The number of halogens is 2. The second-order valence-electron chi connectivity index (χ2n) is 8.94. The van der Waals surface area contributed by atoms with Gasteiger partial charge in [-0.25, -0.2) is 18.7 Å². The number of rotatable bonds is 7. The average Bonchev–Trinajstić information content (AvgIpc) is 3.35. The van der Waals surface area contributed by atoms with Crippen molar-refractivity contribution in [3.63, 3.8) is 0 Å². The van der Waals surface area contributed by atoms with Crippen LogP contribution >= 0.6 is 0 Å². The summed E-state index contributed by atoms with van der Waals surface area (Å²) in [5.74, 6) is -4.68. The number of hydrogen-bond donors (Lipinski definition) is 4. The lowest BCUT2D eigenvalue weighted by atomic mass is 9.81. The molecule has 2 fully saturated rings. The van der Waals surface area contributed by atoms with Gasteiger partial charge in [0.15, 0.2) is 5.56 Å². The highest BCUT2D eigenvalue weighted by molar-refractivity contribution is 6.00. The Morgan fingerprint density at radius 1 is 1.32 bits per heavy atom. The maximum Gasteiger partial charge on any atom is 0.378 e. The maximum absolute atomic E-state index is 13.0. The lowest BCUT2D eigenvalue weighted by Crippen LogP contribution is -2.47. The zero-order valence-corrected chi connectivity index (χ0v) is 17.4. The number of nitrogens with zero attached hydrogens (tertiary/aromatic N) is 2. The molecule has 0 radical (unpaired) electrons. The van der Waals surface area contributed by atoms with Gasteiger partial charge in [0.1, 0.15) is 0 Å². The molecule has 0 aromatic carbocycles. The van der Waals surface area contributed by atoms with Crippen molar-refractivity contribution in [1.82, 2.24) is 20.2 Å². The van der Waals surface area contributed by atoms with Crippen molar-refractivity contribution >= 4 is 17.5 Å². The summed E-state index contributed by atoms with van der Waals surface area (Å²) in [4.78, 5) is 38.3. The monoisotopic (exact) mass is 438 g/mol. The molecule has 9 nitrogen and oxygen atoms in total. The van der Waals surface area contributed by atoms with Gasteiger partial charge in [-0.3, -0.25) is 9.59 Å². The Morgan fingerprint density at radius 3 is 2.58 bits per heavy atom. The molecule has 11 heteroatoms. The Labute approximate surface area is 176 Å². The van der Waals surface area contributed by atoms with Crippen molar-refractivity contribution in [3.8, 4) is 5.88 Å². The number of H-pyrrole nitrogens is 1. The van der Waals surface area contributed by atoms with E-state index in [0.29, 0.717) is 0 Å². The highest BCUT2D eigenvalue weighted by Gasteiger charge is 2.45. The predicted molar refractivity (Wildman–Crippen MR) is 105 cm³/mol. The van der Waals surface area contributed by atoms with Crippen LogP contribution in [0.4, 0.5) is 8.78 Å². The van der Waals surface area contributed by atoms with E-state index in [0.717, 1.165) is 17.4 Å². The van der Waals surface area contributed by atoms with Gasteiger partial charge in [-0.2, -0.15) is 4.57 Å². The molecule has 4 rings (SSSR count). The van der Waals surface area contributed by atoms with Gasteiger partial charge in [0.25, 0.3) is 11.8 Å². The van der Waals surface area contributed by atoms with Crippen molar-refractivity contribution in [2.24, 2.45) is 11.8 Å². The summed E-state index contributed by atoms with van der Waals surface area (Å²) >= 11 is 0. The van der Waals surface area contributed by atoms with Gasteiger partial charge in [0.05, 0.1) is 12.7 Å². The molecule has 2 heterocycles. The summed E-state index contributed by atoms with van der Waals surface area (Å²) in [5.41, 5.74) is -0.984. The zero-order valence-electron chi connectivity index (χ0n) is 17.4. The molecule has 0 bridgehead atoms. The molecule has 2 saturated carbocycles. The number of nitrogens with one attached hydrogen (secondary N) is 3. The van der Waals surface area contributed by atoms with Crippen LogP contribution in [0.2, 0.25) is 0 Å². The fourth-order valence-corrected chi connectivity index (χ4v) is 3.89. The van der Waals surface area contributed by atoms with E-state index >= 15 is 0 Å². The van der Waals surface area contributed by atoms with Crippen LogP contribution in [-0.2, 0) is 6.54 Å². The molecule has 0 atom stereocenters. The number of alkyl halides is 2. The van der Waals surface area contributed by atoms with Gasteiger partial charge >= 0.3 is 17.1 Å². The fourth-order valence-electron chi connectivity index (χ4n) is 3.89. The SMILES string of the molecule is CC(C)C[n+]1c(O)c(C(=O)NC2CC2)c(=O)n2[nH]cc(C(=O)NCC3CC(F)(F)C3)c21. The third kappa shape index (κ3) is 4.13. The van der Waals surface area contributed by atoms with Gasteiger partial charge in [0, 0.05) is 25.4 Å². The normalized spacial score (nSPS) is 18.2. The number of carbonyl (C=O) groups excluding carboxylic acids is 2. The number of aromatic nitrogens is 3. The molecule has 2 aromatic heterocycles. The molecule has 0 spiro atoms. The van der Waals surface area contributed by atoms with E-state index in [1.807, 2.05) is 13.8 Å². The number of fused-ring (bicyclic) bond motifs is 1. The third-order valence-electron chi connectivity index (χ3n) is 5.60. The third-order valence-corrected chi connectivity index (χ3v) is 5.60. The summed E-state index contributed by atoms with van der Waals surface area (Å²) in [6, 6.07) is -0.00518. The number of aromatic amines is 1. The number of carbonyl (C=O) groups is 2. The van der Waals surface area contributed by atoms with Gasteiger partial charge < -0.3 is 15.7 Å². The van der Waals surface area contributed by atoms with Crippen LogP contribution in [0.25, 0.3) is 5.65 Å². The highest BCUT2D eigenvalue weighted by atomic mass is 19.3.